The zero-order chi connectivity index (χ0) is 13.4. The van der Waals surface area contributed by atoms with Crippen molar-refractivity contribution in [2.45, 2.75) is 12.1 Å². The Kier molecular flexibility index (Phi) is 2.92. The van der Waals surface area contributed by atoms with Crippen molar-refractivity contribution >= 4 is 16.9 Å². The number of nitrogens with zero attached hydrogens (tertiary/aromatic N) is 4. The van der Waals surface area contributed by atoms with Gasteiger partial charge in [-0.2, -0.15) is 0 Å². The molecule has 2 aromatic rings. The first-order valence-electron chi connectivity index (χ1n) is 6.71. The van der Waals surface area contributed by atoms with Crippen LogP contribution >= 0.6 is 11.8 Å². The van der Waals surface area contributed by atoms with E-state index in [0.29, 0.717) is 0 Å². The van der Waals surface area contributed by atoms with E-state index in [1.807, 2.05) is 42.5 Å². The van der Waals surface area contributed by atoms with Crippen molar-refractivity contribution < 1.29 is 0 Å². The summed E-state index contributed by atoms with van der Waals surface area (Å²) in [6.07, 6.45) is 5.55. The van der Waals surface area contributed by atoms with Crippen molar-refractivity contribution in [2.24, 2.45) is 4.99 Å². The number of aliphatic imine (C=N–C) groups is 1. The van der Waals surface area contributed by atoms with E-state index < -0.39 is 0 Å². The van der Waals surface area contributed by atoms with Gasteiger partial charge in [-0.1, -0.05) is 17.8 Å². The molecule has 2 aliphatic rings. The number of aromatic nitrogens is 2. The summed E-state index contributed by atoms with van der Waals surface area (Å²) in [5, 5.41) is 1.16. The fraction of sp³-hybridized carbons (Fsp3) is 0.267. The van der Waals surface area contributed by atoms with Crippen LogP contribution in [-0.2, 0) is 0 Å². The molecule has 0 saturated carbocycles. The number of pyridine rings is 2. The molecular weight excluding hydrogens is 268 g/mol. The molecule has 5 heteroatoms. The first-order valence-corrected chi connectivity index (χ1v) is 7.70. The van der Waals surface area contributed by atoms with Crippen molar-refractivity contribution in [1.82, 2.24) is 14.9 Å². The zero-order valence-electron chi connectivity index (χ0n) is 10.9. The molecule has 0 radical (unpaired) electrons. The highest BCUT2D eigenvalue weighted by molar-refractivity contribution is 8.14. The summed E-state index contributed by atoms with van der Waals surface area (Å²) in [5.74, 6) is 1.12. The largest absolute Gasteiger partial charge is 0.341 e. The molecule has 0 aliphatic carbocycles. The molecule has 0 N–H and O–H groups in total. The minimum Gasteiger partial charge on any atom is -0.341 e. The van der Waals surface area contributed by atoms with Crippen LogP contribution in [0.1, 0.15) is 23.3 Å². The standard InChI is InChI=1S/C15H14N4S/c1-2-6-17-12(3-1)13-14(11-4-7-16-8-5-11)19-9-10-20-15(19)18-13/h1-8,13-14H,9-10H2/t13-,14-/m0/s1. The van der Waals surface area contributed by atoms with Gasteiger partial charge < -0.3 is 4.90 Å². The number of fused-ring (bicyclic) bond motifs is 1. The monoisotopic (exact) mass is 282 g/mol. The maximum atomic E-state index is 4.90. The lowest BCUT2D eigenvalue weighted by Crippen LogP contribution is -2.27. The molecule has 100 valence electrons. The number of hydrogen-bond acceptors (Lipinski definition) is 5. The molecule has 2 aliphatic heterocycles. The summed E-state index contributed by atoms with van der Waals surface area (Å²) >= 11 is 1.84. The molecule has 4 nitrogen and oxygen atoms in total. The van der Waals surface area contributed by atoms with E-state index in [-0.39, 0.29) is 12.1 Å². The first-order chi connectivity index (χ1) is 9.93. The van der Waals surface area contributed by atoms with E-state index in [1.165, 1.54) is 5.56 Å². The molecule has 20 heavy (non-hydrogen) atoms. The van der Waals surface area contributed by atoms with Gasteiger partial charge in [0.05, 0.1) is 11.7 Å². The van der Waals surface area contributed by atoms with E-state index in [0.717, 1.165) is 23.2 Å². The van der Waals surface area contributed by atoms with Gasteiger partial charge in [0.2, 0.25) is 0 Å². The van der Waals surface area contributed by atoms with Crippen LogP contribution < -0.4 is 0 Å². The molecule has 2 atom stereocenters. The number of thioether (sulfide) groups is 1. The Morgan fingerprint density at radius 2 is 2.00 bits per heavy atom. The van der Waals surface area contributed by atoms with Gasteiger partial charge in [0.15, 0.2) is 5.17 Å². The van der Waals surface area contributed by atoms with Gasteiger partial charge in [-0.25, -0.2) is 0 Å². The molecule has 4 rings (SSSR count). The Hall–Kier alpha value is -1.88. The summed E-state index contributed by atoms with van der Waals surface area (Å²) in [4.78, 5) is 15.9. The molecule has 2 aromatic heterocycles. The van der Waals surface area contributed by atoms with Crippen molar-refractivity contribution in [3.05, 3.63) is 60.2 Å². The fourth-order valence-corrected chi connectivity index (χ4v) is 3.87. The fourth-order valence-electron chi connectivity index (χ4n) is 2.85. The summed E-state index contributed by atoms with van der Waals surface area (Å²) in [6, 6.07) is 10.5. The summed E-state index contributed by atoms with van der Waals surface area (Å²) in [7, 11) is 0. The van der Waals surface area contributed by atoms with Gasteiger partial charge in [-0.15, -0.1) is 0 Å². The van der Waals surface area contributed by atoms with Gasteiger partial charge in [-0.3, -0.25) is 15.0 Å². The molecule has 0 unspecified atom stereocenters. The average molecular weight is 282 g/mol. The number of rotatable bonds is 2. The Balaban J connectivity index is 1.78. The maximum Gasteiger partial charge on any atom is 0.160 e. The summed E-state index contributed by atoms with van der Waals surface area (Å²) in [5.41, 5.74) is 2.30. The van der Waals surface area contributed by atoms with Gasteiger partial charge in [-0.05, 0) is 29.8 Å². The third kappa shape index (κ3) is 1.89. The van der Waals surface area contributed by atoms with Crippen molar-refractivity contribution in [3.63, 3.8) is 0 Å². The highest BCUT2D eigenvalue weighted by atomic mass is 32.2. The van der Waals surface area contributed by atoms with E-state index in [2.05, 4.69) is 33.1 Å². The minimum atomic E-state index is 0.0846. The van der Waals surface area contributed by atoms with Gasteiger partial charge in [0, 0.05) is 30.9 Å². The smallest absolute Gasteiger partial charge is 0.160 e. The van der Waals surface area contributed by atoms with Crippen LogP contribution in [0.3, 0.4) is 0 Å². The van der Waals surface area contributed by atoms with Crippen LogP contribution in [-0.4, -0.2) is 32.3 Å². The Bertz CT molecular complexity index is 629. The van der Waals surface area contributed by atoms with Crippen molar-refractivity contribution in [2.75, 3.05) is 12.3 Å². The molecule has 4 heterocycles. The topological polar surface area (TPSA) is 41.4 Å². The van der Waals surface area contributed by atoms with Gasteiger partial charge >= 0.3 is 0 Å². The highest BCUT2D eigenvalue weighted by Gasteiger charge is 2.41. The lowest BCUT2D eigenvalue weighted by atomic mass is 9.97. The second-order valence-electron chi connectivity index (χ2n) is 4.88. The van der Waals surface area contributed by atoms with Crippen LogP contribution in [0.4, 0.5) is 0 Å². The number of hydrogen-bond donors (Lipinski definition) is 0. The van der Waals surface area contributed by atoms with Crippen molar-refractivity contribution in [3.8, 4) is 0 Å². The lowest BCUT2D eigenvalue weighted by Gasteiger charge is -2.26. The third-order valence-corrected chi connectivity index (χ3v) is 4.72. The van der Waals surface area contributed by atoms with Crippen LogP contribution in [0.5, 0.6) is 0 Å². The predicted molar refractivity (Wildman–Crippen MR) is 80.6 cm³/mol. The summed E-state index contributed by atoms with van der Waals surface area (Å²) in [6.45, 7) is 1.06. The molecular formula is C15H14N4S. The molecule has 0 spiro atoms. The SMILES string of the molecule is c1ccc([C@@H]2N=C3SCCN3[C@H]2c2ccncc2)nc1. The van der Waals surface area contributed by atoms with E-state index in [4.69, 9.17) is 4.99 Å². The number of amidine groups is 1. The van der Waals surface area contributed by atoms with Crippen LogP contribution in [0.15, 0.2) is 53.9 Å². The molecule has 0 bridgehead atoms. The predicted octanol–water partition coefficient (Wildman–Crippen LogP) is 2.68. The molecule has 1 fully saturated rings. The zero-order valence-corrected chi connectivity index (χ0v) is 11.7. The Labute approximate surface area is 122 Å². The van der Waals surface area contributed by atoms with Crippen LogP contribution in [0.2, 0.25) is 0 Å². The quantitative estimate of drug-likeness (QED) is 0.849. The normalized spacial score (nSPS) is 24.6. The summed E-state index contributed by atoms with van der Waals surface area (Å²) < 4.78 is 0. The van der Waals surface area contributed by atoms with E-state index in [1.54, 1.807) is 0 Å². The minimum absolute atomic E-state index is 0.0846. The first kappa shape index (κ1) is 11.9. The van der Waals surface area contributed by atoms with Crippen LogP contribution in [0, 0.1) is 0 Å². The molecule has 0 amide bonds. The lowest BCUT2D eigenvalue weighted by molar-refractivity contribution is 0.332. The van der Waals surface area contributed by atoms with Gasteiger partial charge in [0.1, 0.15) is 6.04 Å². The average Bonchev–Trinajstić information content (AvgIpc) is 3.09. The molecule has 0 aromatic carbocycles. The van der Waals surface area contributed by atoms with Gasteiger partial charge in [0.25, 0.3) is 0 Å². The Morgan fingerprint density at radius 1 is 1.10 bits per heavy atom. The Morgan fingerprint density at radius 3 is 2.80 bits per heavy atom. The highest BCUT2D eigenvalue weighted by Crippen LogP contribution is 2.45. The maximum absolute atomic E-state index is 4.90. The second kappa shape index (κ2) is 4.90. The van der Waals surface area contributed by atoms with E-state index >= 15 is 0 Å². The third-order valence-electron chi connectivity index (χ3n) is 3.73. The molecule has 1 saturated heterocycles. The second-order valence-corrected chi connectivity index (χ2v) is 5.94. The van der Waals surface area contributed by atoms with Crippen LogP contribution in [0.25, 0.3) is 0 Å². The van der Waals surface area contributed by atoms with Crippen molar-refractivity contribution in [1.29, 1.82) is 0 Å². The van der Waals surface area contributed by atoms with E-state index in [9.17, 15) is 0 Å².